The highest BCUT2D eigenvalue weighted by molar-refractivity contribution is 5.92. The highest BCUT2D eigenvalue weighted by Gasteiger charge is 2.13. The van der Waals surface area contributed by atoms with Crippen LogP contribution >= 0.6 is 0 Å². The van der Waals surface area contributed by atoms with Gasteiger partial charge in [-0.15, -0.1) is 0 Å². The number of benzene rings is 1. The molecule has 120 valence electrons. The van der Waals surface area contributed by atoms with Gasteiger partial charge in [0.05, 0.1) is 25.9 Å². The summed E-state index contributed by atoms with van der Waals surface area (Å²) in [6.07, 6.45) is 4.49. The van der Waals surface area contributed by atoms with Crippen LogP contribution in [0.1, 0.15) is 25.7 Å². The van der Waals surface area contributed by atoms with Crippen molar-refractivity contribution in [1.29, 1.82) is 0 Å². The molecule has 1 aromatic rings. The second-order valence-corrected chi connectivity index (χ2v) is 5.55. The minimum absolute atomic E-state index is 0.192. The van der Waals surface area contributed by atoms with E-state index in [1.54, 1.807) is 0 Å². The molecule has 22 heavy (non-hydrogen) atoms. The number of aliphatic imine (C=N–C) groups is 1. The summed E-state index contributed by atoms with van der Waals surface area (Å²) < 4.78 is 16.9. The van der Waals surface area contributed by atoms with Gasteiger partial charge in [-0.05, 0) is 31.4 Å². The van der Waals surface area contributed by atoms with E-state index >= 15 is 0 Å². The summed E-state index contributed by atoms with van der Waals surface area (Å²) in [5.41, 5.74) is 6.78. The van der Waals surface area contributed by atoms with Crippen molar-refractivity contribution in [2.75, 3.05) is 31.7 Å². The minimum atomic E-state index is 0.192. The van der Waals surface area contributed by atoms with Crippen LogP contribution in [0.3, 0.4) is 0 Å². The van der Waals surface area contributed by atoms with Gasteiger partial charge in [0.2, 0.25) is 0 Å². The fourth-order valence-electron chi connectivity index (χ4n) is 2.58. The second kappa shape index (κ2) is 7.35. The Bertz CT molecular complexity index is 527. The first kappa shape index (κ1) is 15.0. The summed E-state index contributed by atoms with van der Waals surface area (Å²) in [4.78, 5) is 4.36. The smallest absolute Gasteiger partial charge is 0.193 e. The Morgan fingerprint density at radius 2 is 2.00 bits per heavy atom. The van der Waals surface area contributed by atoms with E-state index in [1.807, 2.05) is 18.2 Å². The summed E-state index contributed by atoms with van der Waals surface area (Å²) >= 11 is 0. The maximum atomic E-state index is 5.94. The zero-order chi connectivity index (χ0) is 15.2. The van der Waals surface area contributed by atoms with E-state index in [1.165, 1.54) is 6.42 Å². The number of nitrogens with zero attached hydrogens (tertiary/aromatic N) is 1. The molecule has 1 atom stereocenters. The highest BCUT2D eigenvalue weighted by atomic mass is 16.5. The topological polar surface area (TPSA) is 78.1 Å². The predicted octanol–water partition coefficient (Wildman–Crippen LogP) is 2.14. The van der Waals surface area contributed by atoms with Crippen LogP contribution in [0.25, 0.3) is 0 Å². The molecule has 6 heteroatoms. The molecule has 0 spiro atoms. The van der Waals surface area contributed by atoms with Gasteiger partial charge in [-0.2, -0.15) is 0 Å². The first-order chi connectivity index (χ1) is 10.8. The standard InChI is InChI=1S/C16H23N3O3/c17-16(18-11-13-4-1-2-7-20-13)19-12-5-6-14-15(10-12)22-9-3-8-21-14/h5-6,10,13H,1-4,7-9,11H2,(H3,17,18,19). The molecule has 2 heterocycles. The minimum Gasteiger partial charge on any atom is -0.490 e. The average Bonchev–Trinajstić information content (AvgIpc) is 2.79. The van der Waals surface area contributed by atoms with Gasteiger partial charge in [0.1, 0.15) is 0 Å². The molecule has 2 aliphatic heterocycles. The molecule has 1 aromatic carbocycles. The Kier molecular flexibility index (Phi) is 5.00. The average molecular weight is 305 g/mol. The molecule has 1 unspecified atom stereocenters. The summed E-state index contributed by atoms with van der Waals surface area (Å²) in [5.74, 6) is 1.91. The maximum absolute atomic E-state index is 5.94. The lowest BCUT2D eigenvalue weighted by molar-refractivity contribution is 0.0225. The Morgan fingerprint density at radius 3 is 2.82 bits per heavy atom. The Labute approximate surface area is 130 Å². The monoisotopic (exact) mass is 305 g/mol. The first-order valence-electron chi connectivity index (χ1n) is 7.89. The van der Waals surface area contributed by atoms with Crippen molar-refractivity contribution in [3.63, 3.8) is 0 Å². The maximum Gasteiger partial charge on any atom is 0.193 e. The van der Waals surface area contributed by atoms with Crippen LogP contribution in [-0.4, -0.2) is 38.4 Å². The third-order valence-electron chi connectivity index (χ3n) is 3.76. The molecule has 0 aromatic heterocycles. The van der Waals surface area contributed by atoms with Gasteiger partial charge in [0, 0.05) is 24.8 Å². The van der Waals surface area contributed by atoms with Gasteiger partial charge in [0.25, 0.3) is 0 Å². The van der Waals surface area contributed by atoms with Gasteiger partial charge in [-0.1, -0.05) is 0 Å². The van der Waals surface area contributed by atoms with Crippen LogP contribution in [0, 0.1) is 0 Å². The van der Waals surface area contributed by atoms with Gasteiger partial charge in [0.15, 0.2) is 17.5 Å². The lowest BCUT2D eigenvalue weighted by atomic mass is 10.1. The third-order valence-corrected chi connectivity index (χ3v) is 3.76. The zero-order valence-corrected chi connectivity index (χ0v) is 12.7. The second-order valence-electron chi connectivity index (χ2n) is 5.55. The molecule has 0 amide bonds. The molecule has 3 N–H and O–H groups in total. The fraction of sp³-hybridized carbons (Fsp3) is 0.562. The zero-order valence-electron chi connectivity index (χ0n) is 12.7. The van der Waals surface area contributed by atoms with Gasteiger partial charge < -0.3 is 25.3 Å². The molecule has 3 rings (SSSR count). The van der Waals surface area contributed by atoms with E-state index in [4.69, 9.17) is 19.9 Å². The van der Waals surface area contributed by atoms with E-state index in [0.29, 0.717) is 25.7 Å². The number of anilines is 1. The molecule has 1 fully saturated rings. The first-order valence-corrected chi connectivity index (χ1v) is 7.89. The van der Waals surface area contributed by atoms with E-state index in [2.05, 4.69) is 10.3 Å². The van der Waals surface area contributed by atoms with Crippen molar-refractivity contribution in [2.24, 2.45) is 10.7 Å². The summed E-state index contributed by atoms with van der Waals surface area (Å²) in [7, 11) is 0. The van der Waals surface area contributed by atoms with Gasteiger partial charge >= 0.3 is 0 Å². The van der Waals surface area contributed by atoms with Crippen LogP contribution in [0.4, 0.5) is 5.69 Å². The van der Waals surface area contributed by atoms with Gasteiger partial charge in [-0.3, -0.25) is 4.99 Å². The third kappa shape index (κ3) is 4.04. The lowest BCUT2D eigenvalue weighted by Gasteiger charge is -2.20. The number of fused-ring (bicyclic) bond motifs is 1. The van der Waals surface area contributed by atoms with E-state index in [-0.39, 0.29) is 6.10 Å². The number of ether oxygens (including phenoxy) is 3. The van der Waals surface area contributed by atoms with Crippen molar-refractivity contribution >= 4 is 11.6 Å². The number of nitrogens with two attached hydrogens (primary N) is 1. The number of hydrogen-bond donors (Lipinski definition) is 2. The predicted molar refractivity (Wildman–Crippen MR) is 85.8 cm³/mol. The molecule has 2 aliphatic rings. The van der Waals surface area contributed by atoms with E-state index in [0.717, 1.165) is 43.1 Å². The Hall–Kier alpha value is -1.95. The highest BCUT2D eigenvalue weighted by Crippen LogP contribution is 2.32. The van der Waals surface area contributed by atoms with Crippen LogP contribution in [0.2, 0.25) is 0 Å². The molecule has 0 bridgehead atoms. The van der Waals surface area contributed by atoms with Crippen molar-refractivity contribution in [2.45, 2.75) is 31.8 Å². The quantitative estimate of drug-likeness (QED) is 0.661. The van der Waals surface area contributed by atoms with Gasteiger partial charge in [-0.25, -0.2) is 0 Å². The van der Waals surface area contributed by atoms with Crippen LogP contribution < -0.4 is 20.5 Å². The Balaban J connectivity index is 1.58. The summed E-state index contributed by atoms with van der Waals surface area (Å²) in [5, 5.41) is 3.09. The molecule has 0 aliphatic carbocycles. The SMILES string of the molecule is NC(=NCC1CCCCO1)Nc1ccc2c(c1)OCCCO2. The van der Waals surface area contributed by atoms with Crippen molar-refractivity contribution in [3.8, 4) is 11.5 Å². The number of hydrogen-bond acceptors (Lipinski definition) is 4. The summed E-state index contributed by atoms with van der Waals surface area (Å²) in [6.45, 7) is 2.78. The number of guanidine groups is 1. The van der Waals surface area contributed by atoms with Crippen LogP contribution in [-0.2, 0) is 4.74 Å². The lowest BCUT2D eigenvalue weighted by Crippen LogP contribution is -2.27. The molecule has 0 saturated carbocycles. The van der Waals surface area contributed by atoms with E-state index < -0.39 is 0 Å². The van der Waals surface area contributed by atoms with Crippen LogP contribution in [0.15, 0.2) is 23.2 Å². The molecular weight excluding hydrogens is 282 g/mol. The number of nitrogens with one attached hydrogen (secondary N) is 1. The normalized spacial score (nSPS) is 22.0. The molecule has 0 radical (unpaired) electrons. The van der Waals surface area contributed by atoms with Crippen molar-refractivity contribution in [3.05, 3.63) is 18.2 Å². The number of rotatable bonds is 3. The molecular formula is C16H23N3O3. The van der Waals surface area contributed by atoms with Crippen molar-refractivity contribution in [1.82, 2.24) is 0 Å². The molecule has 1 saturated heterocycles. The van der Waals surface area contributed by atoms with E-state index in [9.17, 15) is 0 Å². The van der Waals surface area contributed by atoms with Crippen LogP contribution in [0.5, 0.6) is 11.5 Å². The molecule has 6 nitrogen and oxygen atoms in total. The fourth-order valence-corrected chi connectivity index (χ4v) is 2.58. The Morgan fingerprint density at radius 1 is 1.14 bits per heavy atom. The van der Waals surface area contributed by atoms with Crippen molar-refractivity contribution < 1.29 is 14.2 Å². The largest absolute Gasteiger partial charge is 0.490 e. The summed E-state index contributed by atoms with van der Waals surface area (Å²) in [6, 6.07) is 5.69.